The van der Waals surface area contributed by atoms with E-state index in [1.54, 1.807) is 24.3 Å². The molecule has 1 aromatic heterocycles. The number of para-hydroxylation sites is 1. The summed E-state index contributed by atoms with van der Waals surface area (Å²) in [5.41, 5.74) is 3.34. The van der Waals surface area contributed by atoms with Crippen LogP contribution in [0.1, 0.15) is 58.4 Å². The summed E-state index contributed by atoms with van der Waals surface area (Å²) in [5, 5.41) is 7.25. The number of carbonyl (C=O) groups excluding carboxylic acids is 2. The fourth-order valence-corrected chi connectivity index (χ4v) is 4.07. The van der Waals surface area contributed by atoms with E-state index in [0.29, 0.717) is 17.7 Å². The SMILES string of the molecule is O=C(NCCc1c[nH]c2ccccc12)c1cccc(C(=O)NC2CCCCC2)c1. The predicted octanol–water partition coefficient (Wildman–Crippen LogP) is 4.20. The smallest absolute Gasteiger partial charge is 0.251 e. The van der Waals surface area contributed by atoms with Crippen molar-refractivity contribution in [3.63, 3.8) is 0 Å². The van der Waals surface area contributed by atoms with Crippen LogP contribution in [0.5, 0.6) is 0 Å². The lowest BCUT2D eigenvalue weighted by Crippen LogP contribution is -2.36. The average Bonchev–Trinajstić information content (AvgIpc) is 3.18. The Bertz CT molecular complexity index is 1000. The Morgan fingerprint density at radius 2 is 1.69 bits per heavy atom. The van der Waals surface area contributed by atoms with Crippen molar-refractivity contribution in [3.05, 3.63) is 71.4 Å². The van der Waals surface area contributed by atoms with Crippen LogP contribution in [0.4, 0.5) is 0 Å². The molecule has 150 valence electrons. The first-order chi connectivity index (χ1) is 14.2. The molecule has 1 fully saturated rings. The number of fused-ring (bicyclic) bond motifs is 1. The van der Waals surface area contributed by atoms with Gasteiger partial charge in [0.15, 0.2) is 0 Å². The standard InChI is InChI=1S/C24H27N3O2/c28-23(25-14-13-19-16-26-22-12-5-4-11-21(19)22)17-7-6-8-18(15-17)24(29)27-20-9-2-1-3-10-20/h4-8,11-12,15-16,20,26H,1-3,9-10,13-14H2,(H,25,28)(H,27,29). The van der Waals surface area contributed by atoms with E-state index in [4.69, 9.17) is 0 Å². The Balaban J connectivity index is 1.33. The largest absolute Gasteiger partial charge is 0.361 e. The first-order valence-corrected chi connectivity index (χ1v) is 10.4. The van der Waals surface area contributed by atoms with Crippen LogP contribution in [0.15, 0.2) is 54.7 Å². The summed E-state index contributed by atoms with van der Waals surface area (Å²) in [6.07, 6.45) is 8.42. The zero-order valence-corrected chi connectivity index (χ0v) is 16.5. The number of hydrogen-bond acceptors (Lipinski definition) is 2. The Morgan fingerprint density at radius 1 is 0.931 bits per heavy atom. The molecule has 5 heteroatoms. The number of H-pyrrole nitrogens is 1. The number of nitrogens with one attached hydrogen (secondary N) is 3. The van der Waals surface area contributed by atoms with Crippen molar-refractivity contribution in [3.8, 4) is 0 Å². The summed E-state index contributed by atoms with van der Waals surface area (Å²) < 4.78 is 0. The summed E-state index contributed by atoms with van der Waals surface area (Å²) in [6.45, 7) is 0.541. The summed E-state index contributed by atoms with van der Waals surface area (Å²) in [5.74, 6) is -0.248. The van der Waals surface area contributed by atoms with Crippen LogP contribution in [0.25, 0.3) is 10.9 Å². The maximum atomic E-state index is 12.6. The third kappa shape index (κ3) is 4.67. The monoisotopic (exact) mass is 389 g/mol. The molecule has 0 radical (unpaired) electrons. The summed E-state index contributed by atoms with van der Waals surface area (Å²) in [6, 6.07) is 15.4. The molecule has 0 aliphatic heterocycles. The van der Waals surface area contributed by atoms with Gasteiger partial charge in [0.1, 0.15) is 0 Å². The predicted molar refractivity (Wildman–Crippen MR) is 115 cm³/mol. The van der Waals surface area contributed by atoms with Gasteiger partial charge in [-0.3, -0.25) is 9.59 Å². The van der Waals surface area contributed by atoms with Crippen molar-refractivity contribution in [2.45, 2.75) is 44.6 Å². The highest BCUT2D eigenvalue weighted by Crippen LogP contribution is 2.19. The van der Waals surface area contributed by atoms with Crippen LogP contribution in [-0.4, -0.2) is 29.4 Å². The van der Waals surface area contributed by atoms with Crippen LogP contribution in [0.2, 0.25) is 0 Å². The summed E-state index contributed by atoms with van der Waals surface area (Å²) in [4.78, 5) is 28.3. The van der Waals surface area contributed by atoms with Crippen molar-refractivity contribution in [2.24, 2.45) is 0 Å². The number of amides is 2. The molecule has 2 aromatic carbocycles. The zero-order chi connectivity index (χ0) is 20.1. The van der Waals surface area contributed by atoms with E-state index in [1.807, 2.05) is 24.4 Å². The summed E-state index contributed by atoms with van der Waals surface area (Å²) >= 11 is 0. The third-order valence-corrected chi connectivity index (χ3v) is 5.68. The minimum absolute atomic E-state index is 0.0923. The lowest BCUT2D eigenvalue weighted by molar-refractivity contribution is 0.0927. The molecule has 4 rings (SSSR count). The van der Waals surface area contributed by atoms with Crippen LogP contribution in [0, 0.1) is 0 Å². The lowest BCUT2D eigenvalue weighted by atomic mass is 9.95. The second-order valence-corrected chi connectivity index (χ2v) is 7.75. The van der Waals surface area contributed by atoms with Gasteiger partial charge in [-0.15, -0.1) is 0 Å². The normalized spacial score (nSPS) is 14.6. The number of aromatic amines is 1. The van der Waals surface area contributed by atoms with Gasteiger partial charge in [-0.1, -0.05) is 43.5 Å². The molecule has 29 heavy (non-hydrogen) atoms. The lowest BCUT2D eigenvalue weighted by Gasteiger charge is -2.22. The maximum Gasteiger partial charge on any atom is 0.251 e. The quantitative estimate of drug-likeness (QED) is 0.591. The molecular formula is C24H27N3O2. The molecule has 1 heterocycles. The molecule has 1 aliphatic carbocycles. The Morgan fingerprint density at radius 3 is 2.52 bits per heavy atom. The molecule has 0 saturated heterocycles. The van der Waals surface area contributed by atoms with Crippen molar-refractivity contribution in [2.75, 3.05) is 6.54 Å². The van der Waals surface area contributed by atoms with Gasteiger partial charge in [0.2, 0.25) is 0 Å². The van der Waals surface area contributed by atoms with Crippen LogP contribution >= 0.6 is 0 Å². The van der Waals surface area contributed by atoms with E-state index in [2.05, 4.69) is 21.7 Å². The molecule has 0 unspecified atom stereocenters. The minimum Gasteiger partial charge on any atom is -0.361 e. The molecule has 0 bridgehead atoms. The second-order valence-electron chi connectivity index (χ2n) is 7.75. The number of hydrogen-bond donors (Lipinski definition) is 3. The average molecular weight is 389 g/mol. The first-order valence-electron chi connectivity index (χ1n) is 10.4. The highest BCUT2D eigenvalue weighted by atomic mass is 16.2. The van der Waals surface area contributed by atoms with Gasteiger partial charge in [0, 0.05) is 40.8 Å². The minimum atomic E-state index is -0.155. The fraction of sp³-hybridized carbons (Fsp3) is 0.333. The van der Waals surface area contributed by atoms with Gasteiger partial charge in [-0.05, 0) is 49.1 Å². The van der Waals surface area contributed by atoms with Crippen molar-refractivity contribution < 1.29 is 9.59 Å². The highest BCUT2D eigenvalue weighted by molar-refractivity contribution is 5.99. The number of carbonyl (C=O) groups is 2. The highest BCUT2D eigenvalue weighted by Gasteiger charge is 2.17. The Kier molecular flexibility index (Phi) is 5.94. The summed E-state index contributed by atoms with van der Waals surface area (Å²) in [7, 11) is 0. The van der Waals surface area contributed by atoms with Gasteiger partial charge in [-0.25, -0.2) is 0 Å². The van der Waals surface area contributed by atoms with Gasteiger partial charge >= 0.3 is 0 Å². The molecule has 0 spiro atoms. The zero-order valence-electron chi connectivity index (χ0n) is 16.5. The van der Waals surface area contributed by atoms with E-state index in [9.17, 15) is 9.59 Å². The fourth-order valence-electron chi connectivity index (χ4n) is 4.07. The van der Waals surface area contributed by atoms with E-state index in [-0.39, 0.29) is 17.9 Å². The van der Waals surface area contributed by atoms with Gasteiger partial charge < -0.3 is 15.6 Å². The van der Waals surface area contributed by atoms with Gasteiger partial charge in [0.05, 0.1) is 0 Å². The Labute approximate surface area is 170 Å². The van der Waals surface area contributed by atoms with Crippen molar-refractivity contribution >= 4 is 22.7 Å². The molecule has 0 atom stereocenters. The van der Waals surface area contributed by atoms with Crippen LogP contribution < -0.4 is 10.6 Å². The molecule has 1 saturated carbocycles. The first kappa shape index (κ1) is 19.2. The molecular weight excluding hydrogens is 362 g/mol. The van der Waals surface area contributed by atoms with Gasteiger partial charge in [0.25, 0.3) is 11.8 Å². The van der Waals surface area contributed by atoms with Gasteiger partial charge in [-0.2, -0.15) is 0 Å². The molecule has 3 aromatic rings. The second kappa shape index (κ2) is 8.95. The molecule has 5 nitrogen and oxygen atoms in total. The number of benzene rings is 2. The van der Waals surface area contributed by atoms with E-state index in [1.165, 1.54) is 30.2 Å². The van der Waals surface area contributed by atoms with E-state index >= 15 is 0 Å². The van der Waals surface area contributed by atoms with Crippen molar-refractivity contribution in [1.29, 1.82) is 0 Å². The maximum absolute atomic E-state index is 12.6. The third-order valence-electron chi connectivity index (χ3n) is 5.68. The van der Waals surface area contributed by atoms with E-state index in [0.717, 1.165) is 24.8 Å². The topological polar surface area (TPSA) is 74.0 Å². The molecule has 1 aliphatic rings. The number of rotatable bonds is 6. The number of aromatic nitrogens is 1. The molecule has 2 amide bonds. The van der Waals surface area contributed by atoms with Crippen molar-refractivity contribution in [1.82, 2.24) is 15.6 Å². The molecule has 3 N–H and O–H groups in total. The Hall–Kier alpha value is -3.08. The van der Waals surface area contributed by atoms with Crippen LogP contribution in [-0.2, 0) is 6.42 Å². The van der Waals surface area contributed by atoms with Crippen LogP contribution in [0.3, 0.4) is 0 Å². The van der Waals surface area contributed by atoms with E-state index < -0.39 is 0 Å².